The van der Waals surface area contributed by atoms with Crippen molar-refractivity contribution >= 4 is 27.3 Å². The first-order valence-corrected chi connectivity index (χ1v) is 11.3. The Hall–Kier alpha value is -3.39. The van der Waals surface area contributed by atoms with Crippen LogP contribution in [0.2, 0.25) is 0 Å². The van der Waals surface area contributed by atoms with E-state index in [1.807, 2.05) is 19.1 Å². The van der Waals surface area contributed by atoms with Gasteiger partial charge in [0.05, 0.1) is 22.8 Å². The van der Waals surface area contributed by atoms with E-state index in [0.717, 1.165) is 17.7 Å². The lowest BCUT2D eigenvalue weighted by Gasteiger charge is -2.20. The molecule has 0 saturated carbocycles. The molecular formula is C23H21FN2O4S. The van der Waals surface area contributed by atoms with E-state index in [0.29, 0.717) is 36.7 Å². The van der Waals surface area contributed by atoms with Gasteiger partial charge in [0.25, 0.3) is 15.9 Å². The average Bonchev–Trinajstić information content (AvgIpc) is 3.20. The summed E-state index contributed by atoms with van der Waals surface area (Å²) in [6.07, 6.45) is 0.599. The number of halogens is 1. The van der Waals surface area contributed by atoms with E-state index in [2.05, 4.69) is 5.32 Å². The molecule has 1 aliphatic heterocycles. The standard InChI is InChI=1S/C23H21FN2O4S/c1-2-30-18-9-7-17(8-10-18)25-23(27)20-15-19(11-12-21(20)24)31(28,29)26-14-13-16-5-3-4-6-22(16)26/h3-12,15H,2,13-14H2,1H3,(H,25,27). The SMILES string of the molecule is CCOc1ccc(NC(=O)c2cc(S(=O)(=O)N3CCc4ccccc43)ccc2F)cc1. The largest absolute Gasteiger partial charge is 0.494 e. The molecular weight excluding hydrogens is 419 g/mol. The second-order valence-corrected chi connectivity index (χ2v) is 8.87. The van der Waals surface area contributed by atoms with Gasteiger partial charge >= 0.3 is 0 Å². The molecule has 0 aliphatic carbocycles. The number of sulfonamides is 1. The van der Waals surface area contributed by atoms with E-state index < -0.39 is 21.7 Å². The summed E-state index contributed by atoms with van der Waals surface area (Å²) < 4.78 is 47.4. The van der Waals surface area contributed by atoms with Crippen LogP contribution in [0.4, 0.5) is 15.8 Å². The van der Waals surface area contributed by atoms with Crippen LogP contribution in [0.25, 0.3) is 0 Å². The van der Waals surface area contributed by atoms with Gasteiger partial charge in [0.2, 0.25) is 0 Å². The minimum Gasteiger partial charge on any atom is -0.494 e. The highest BCUT2D eigenvalue weighted by molar-refractivity contribution is 7.92. The van der Waals surface area contributed by atoms with Crippen molar-refractivity contribution < 1.29 is 22.3 Å². The molecule has 3 aromatic carbocycles. The predicted octanol–water partition coefficient (Wildman–Crippen LogP) is 4.23. The third-order valence-corrected chi connectivity index (χ3v) is 6.85. The van der Waals surface area contributed by atoms with E-state index >= 15 is 0 Å². The monoisotopic (exact) mass is 440 g/mol. The van der Waals surface area contributed by atoms with Gasteiger partial charge in [-0.2, -0.15) is 0 Å². The van der Waals surface area contributed by atoms with Gasteiger partial charge in [0.15, 0.2) is 0 Å². The number of carbonyl (C=O) groups excluding carboxylic acids is 1. The van der Waals surface area contributed by atoms with Crippen LogP contribution < -0.4 is 14.4 Å². The van der Waals surface area contributed by atoms with Gasteiger partial charge in [0.1, 0.15) is 11.6 Å². The Balaban J connectivity index is 1.60. The van der Waals surface area contributed by atoms with E-state index in [1.54, 1.807) is 36.4 Å². The van der Waals surface area contributed by atoms with E-state index in [1.165, 1.54) is 10.4 Å². The third-order valence-electron chi connectivity index (χ3n) is 5.04. The molecule has 6 nitrogen and oxygen atoms in total. The van der Waals surface area contributed by atoms with Gasteiger partial charge in [-0.3, -0.25) is 9.10 Å². The first kappa shape index (κ1) is 20.9. The Morgan fingerprint density at radius 2 is 1.84 bits per heavy atom. The molecule has 1 aliphatic rings. The molecule has 0 unspecified atom stereocenters. The molecule has 4 rings (SSSR count). The molecule has 1 heterocycles. The van der Waals surface area contributed by atoms with E-state index in [-0.39, 0.29) is 10.5 Å². The average molecular weight is 440 g/mol. The van der Waals surface area contributed by atoms with Crippen molar-refractivity contribution in [3.8, 4) is 5.75 Å². The molecule has 1 amide bonds. The lowest BCUT2D eigenvalue weighted by atomic mass is 10.2. The number of anilines is 2. The highest BCUT2D eigenvalue weighted by atomic mass is 32.2. The molecule has 0 aromatic heterocycles. The highest BCUT2D eigenvalue weighted by Crippen LogP contribution is 2.33. The Morgan fingerprint density at radius 1 is 1.10 bits per heavy atom. The summed E-state index contributed by atoms with van der Waals surface area (Å²) in [4.78, 5) is 12.5. The maximum atomic E-state index is 14.4. The van der Waals surface area contributed by atoms with E-state index in [9.17, 15) is 17.6 Å². The number of para-hydroxylation sites is 1. The molecule has 1 N–H and O–H groups in total. The summed E-state index contributed by atoms with van der Waals surface area (Å²) in [5.74, 6) is -0.893. The molecule has 8 heteroatoms. The van der Waals surface area contributed by atoms with Crippen molar-refractivity contribution in [2.75, 3.05) is 22.8 Å². The smallest absolute Gasteiger partial charge is 0.264 e. The first-order valence-electron chi connectivity index (χ1n) is 9.84. The third kappa shape index (κ3) is 4.11. The van der Waals surface area contributed by atoms with Crippen LogP contribution >= 0.6 is 0 Å². The maximum absolute atomic E-state index is 14.4. The van der Waals surface area contributed by atoms with Crippen LogP contribution in [0.15, 0.2) is 71.6 Å². The van der Waals surface area contributed by atoms with Crippen LogP contribution in [0.1, 0.15) is 22.8 Å². The fourth-order valence-corrected chi connectivity index (χ4v) is 5.05. The number of rotatable bonds is 6. The molecule has 31 heavy (non-hydrogen) atoms. The minimum absolute atomic E-state index is 0.137. The van der Waals surface area contributed by atoms with Gasteiger partial charge in [-0.1, -0.05) is 18.2 Å². The van der Waals surface area contributed by atoms with Crippen molar-refractivity contribution in [3.63, 3.8) is 0 Å². The van der Waals surface area contributed by atoms with Crippen LogP contribution in [-0.2, 0) is 16.4 Å². The summed E-state index contributed by atoms with van der Waals surface area (Å²) in [6.45, 7) is 2.67. The number of ether oxygens (including phenoxy) is 1. The summed E-state index contributed by atoms with van der Waals surface area (Å²) in [7, 11) is -3.94. The van der Waals surface area contributed by atoms with Crippen molar-refractivity contribution in [1.29, 1.82) is 0 Å². The van der Waals surface area contributed by atoms with E-state index in [4.69, 9.17) is 4.74 Å². The number of amides is 1. The zero-order valence-electron chi connectivity index (χ0n) is 16.8. The van der Waals surface area contributed by atoms with Crippen LogP contribution in [0, 0.1) is 5.82 Å². The van der Waals surface area contributed by atoms with Gasteiger partial charge < -0.3 is 10.1 Å². The fraction of sp³-hybridized carbons (Fsp3) is 0.174. The number of hydrogen-bond acceptors (Lipinski definition) is 4. The molecule has 0 atom stereocenters. The Kier molecular flexibility index (Phi) is 5.65. The highest BCUT2D eigenvalue weighted by Gasteiger charge is 2.31. The number of hydrogen-bond donors (Lipinski definition) is 1. The molecule has 0 spiro atoms. The number of fused-ring (bicyclic) bond motifs is 1. The molecule has 0 radical (unpaired) electrons. The summed E-state index contributed by atoms with van der Waals surface area (Å²) in [5.41, 5.74) is 1.63. The molecule has 0 bridgehead atoms. The second-order valence-electron chi connectivity index (χ2n) is 7.01. The molecule has 3 aromatic rings. The molecule has 160 valence electrons. The van der Waals surface area contributed by atoms with Gasteiger partial charge in [-0.25, -0.2) is 12.8 Å². The summed E-state index contributed by atoms with van der Waals surface area (Å²) >= 11 is 0. The summed E-state index contributed by atoms with van der Waals surface area (Å²) in [5, 5.41) is 2.59. The van der Waals surface area contributed by atoms with Gasteiger partial charge in [-0.05, 0) is 67.4 Å². The second kappa shape index (κ2) is 8.39. The topological polar surface area (TPSA) is 75.7 Å². The number of nitrogens with zero attached hydrogens (tertiary/aromatic N) is 1. The van der Waals surface area contributed by atoms with Crippen LogP contribution in [0.3, 0.4) is 0 Å². The maximum Gasteiger partial charge on any atom is 0.264 e. The number of nitrogens with one attached hydrogen (secondary N) is 1. The lowest BCUT2D eigenvalue weighted by molar-refractivity contribution is 0.102. The number of carbonyl (C=O) groups is 1. The van der Waals surface area contributed by atoms with Crippen molar-refractivity contribution in [3.05, 3.63) is 83.7 Å². The Labute approximate surface area is 180 Å². The van der Waals surface area contributed by atoms with Gasteiger partial charge in [0, 0.05) is 12.2 Å². The minimum atomic E-state index is -3.94. The fourth-order valence-electron chi connectivity index (χ4n) is 3.52. The van der Waals surface area contributed by atoms with Crippen molar-refractivity contribution in [2.24, 2.45) is 0 Å². The zero-order chi connectivity index (χ0) is 22.0. The van der Waals surface area contributed by atoms with Crippen molar-refractivity contribution in [1.82, 2.24) is 0 Å². The number of benzene rings is 3. The molecule has 0 fully saturated rings. The zero-order valence-corrected chi connectivity index (χ0v) is 17.7. The van der Waals surface area contributed by atoms with Crippen molar-refractivity contribution in [2.45, 2.75) is 18.2 Å². The normalized spacial score (nSPS) is 13.0. The first-order chi connectivity index (χ1) is 14.9. The van der Waals surface area contributed by atoms with Gasteiger partial charge in [-0.15, -0.1) is 0 Å². The Morgan fingerprint density at radius 3 is 2.58 bits per heavy atom. The summed E-state index contributed by atoms with van der Waals surface area (Å²) in [6, 6.07) is 17.1. The molecule has 0 saturated heterocycles. The Bertz CT molecular complexity index is 1230. The predicted molar refractivity (Wildman–Crippen MR) is 117 cm³/mol. The quantitative estimate of drug-likeness (QED) is 0.623. The van der Waals surface area contributed by atoms with Crippen LogP contribution in [0.5, 0.6) is 5.75 Å². The lowest BCUT2D eigenvalue weighted by Crippen LogP contribution is -2.29. The van der Waals surface area contributed by atoms with Crippen LogP contribution in [-0.4, -0.2) is 27.5 Å².